The number of fused-ring (bicyclic) bond motifs is 7. The van der Waals surface area contributed by atoms with Gasteiger partial charge < -0.3 is 4.42 Å². The van der Waals surface area contributed by atoms with Gasteiger partial charge in [0.2, 0.25) is 0 Å². The van der Waals surface area contributed by atoms with E-state index in [0.29, 0.717) is 17.5 Å². The molecule has 0 unspecified atom stereocenters. The summed E-state index contributed by atoms with van der Waals surface area (Å²) in [5, 5.41) is 9.13. The summed E-state index contributed by atoms with van der Waals surface area (Å²) in [4.78, 5) is 15.5. The Hall–Kier alpha value is -7.43. The molecule has 9 aromatic carbocycles. The van der Waals surface area contributed by atoms with Crippen LogP contribution in [0.15, 0.2) is 192 Å². The molecule has 4 nitrogen and oxygen atoms in total. The van der Waals surface area contributed by atoms with Crippen molar-refractivity contribution in [3.05, 3.63) is 188 Å². The van der Waals surface area contributed by atoms with Crippen molar-refractivity contribution in [2.75, 3.05) is 0 Å². The molecular weight excluding hydrogens is 671 g/mol. The first kappa shape index (κ1) is 31.1. The lowest BCUT2D eigenvalue weighted by Crippen LogP contribution is -2.02. The third-order valence-corrected chi connectivity index (χ3v) is 10.7. The Morgan fingerprint density at radius 1 is 0.291 bits per heavy atom. The van der Waals surface area contributed by atoms with Crippen molar-refractivity contribution < 1.29 is 4.42 Å². The lowest BCUT2D eigenvalue weighted by atomic mass is 9.86. The molecule has 0 saturated carbocycles. The SMILES string of the molecule is c1ccc(-c2nc(-c3ccccc3)nc(-c3c(-c4ccc(-c5c6ccccc6cc6c5oc5ccccc56)cc4)c4ccccc4c4ccccc34)n2)cc1. The van der Waals surface area contributed by atoms with E-state index in [4.69, 9.17) is 19.4 Å². The summed E-state index contributed by atoms with van der Waals surface area (Å²) >= 11 is 0. The average Bonchev–Trinajstić information content (AvgIpc) is 3.63. The second-order valence-corrected chi connectivity index (χ2v) is 13.9. The average molecular weight is 702 g/mol. The number of aromatic nitrogens is 3. The minimum atomic E-state index is 0.631. The fourth-order valence-electron chi connectivity index (χ4n) is 8.21. The predicted molar refractivity (Wildman–Crippen MR) is 227 cm³/mol. The summed E-state index contributed by atoms with van der Waals surface area (Å²) in [5.41, 5.74) is 8.98. The van der Waals surface area contributed by atoms with Crippen LogP contribution in [-0.2, 0) is 0 Å². The number of hydrogen-bond donors (Lipinski definition) is 0. The van der Waals surface area contributed by atoms with Gasteiger partial charge in [-0.25, -0.2) is 15.0 Å². The van der Waals surface area contributed by atoms with Gasteiger partial charge >= 0.3 is 0 Å². The van der Waals surface area contributed by atoms with Crippen LogP contribution in [0.5, 0.6) is 0 Å². The molecule has 256 valence electrons. The highest BCUT2D eigenvalue weighted by Crippen LogP contribution is 2.46. The zero-order valence-electron chi connectivity index (χ0n) is 29.6. The van der Waals surface area contributed by atoms with Gasteiger partial charge in [0.1, 0.15) is 11.2 Å². The summed E-state index contributed by atoms with van der Waals surface area (Å²) in [5.74, 6) is 1.90. The molecule has 11 aromatic rings. The van der Waals surface area contributed by atoms with Crippen LogP contribution >= 0.6 is 0 Å². The molecular formula is C51H31N3O. The first-order chi connectivity index (χ1) is 27.3. The third kappa shape index (κ3) is 5.11. The van der Waals surface area contributed by atoms with Crippen molar-refractivity contribution in [2.24, 2.45) is 0 Å². The molecule has 0 radical (unpaired) electrons. The van der Waals surface area contributed by atoms with Gasteiger partial charge in [-0.15, -0.1) is 0 Å². The van der Waals surface area contributed by atoms with Crippen molar-refractivity contribution in [3.8, 4) is 56.4 Å². The number of nitrogens with zero attached hydrogens (tertiary/aromatic N) is 3. The van der Waals surface area contributed by atoms with E-state index in [1.54, 1.807) is 0 Å². The van der Waals surface area contributed by atoms with Crippen molar-refractivity contribution >= 4 is 54.3 Å². The molecule has 11 rings (SSSR count). The van der Waals surface area contributed by atoms with Gasteiger partial charge in [0.05, 0.1) is 0 Å². The monoisotopic (exact) mass is 701 g/mol. The van der Waals surface area contributed by atoms with Crippen molar-refractivity contribution in [2.45, 2.75) is 0 Å². The fourth-order valence-corrected chi connectivity index (χ4v) is 8.21. The summed E-state index contributed by atoms with van der Waals surface area (Å²) in [6.45, 7) is 0. The van der Waals surface area contributed by atoms with E-state index in [1.165, 1.54) is 10.8 Å². The molecule has 0 atom stereocenters. The molecule has 0 aliphatic rings. The van der Waals surface area contributed by atoms with E-state index < -0.39 is 0 Å². The molecule has 0 saturated heterocycles. The predicted octanol–water partition coefficient (Wildman–Crippen LogP) is 13.6. The topological polar surface area (TPSA) is 51.8 Å². The first-order valence-electron chi connectivity index (χ1n) is 18.5. The Bertz CT molecular complexity index is 3180. The highest BCUT2D eigenvalue weighted by atomic mass is 16.3. The van der Waals surface area contributed by atoms with Crippen LogP contribution in [0.1, 0.15) is 0 Å². The lowest BCUT2D eigenvalue weighted by molar-refractivity contribution is 0.670. The second-order valence-electron chi connectivity index (χ2n) is 13.9. The molecule has 55 heavy (non-hydrogen) atoms. The summed E-state index contributed by atoms with van der Waals surface area (Å²) in [7, 11) is 0. The molecule has 0 amide bonds. The van der Waals surface area contributed by atoms with Crippen molar-refractivity contribution in [1.82, 2.24) is 15.0 Å². The van der Waals surface area contributed by atoms with Crippen LogP contribution in [-0.4, -0.2) is 15.0 Å². The van der Waals surface area contributed by atoms with Crippen LogP contribution in [0.2, 0.25) is 0 Å². The molecule has 0 aliphatic carbocycles. The summed E-state index contributed by atoms with van der Waals surface area (Å²) in [6, 6.07) is 65.7. The summed E-state index contributed by atoms with van der Waals surface area (Å²) in [6.07, 6.45) is 0. The van der Waals surface area contributed by atoms with E-state index in [2.05, 4.69) is 140 Å². The number of benzene rings is 9. The Kier molecular flexibility index (Phi) is 7.14. The highest BCUT2D eigenvalue weighted by Gasteiger charge is 2.23. The summed E-state index contributed by atoms with van der Waals surface area (Å²) < 4.78 is 6.62. The first-order valence-corrected chi connectivity index (χ1v) is 18.5. The maximum absolute atomic E-state index is 6.62. The lowest BCUT2D eigenvalue weighted by Gasteiger charge is -2.18. The van der Waals surface area contributed by atoms with Gasteiger partial charge in [-0.1, -0.05) is 176 Å². The fraction of sp³-hybridized carbons (Fsp3) is 0. The Morgan fingerprint density at radius 2 is 0.745 bits per heavy atom. The Labute approximate surface area is 317 Å². The quantitative estimate of drug-likeness (QED) is 0.168. The zero-order valence-corrected chi connectivity index (χ0v) is 29.6. The number of hydrogen-bond acceptors (Lipinski definition) is 4. The van der Waals surface area contributed by atoms with Crippen molar-refractivity contribution in [3.63, 3.8) is 0 Å². The minimum Gasteiger partial charge on any atom is -0.455 e. The van der Waals surface area contributed by atoms with Crippen molar-refractivity contribution in [1.29, 1.82) is 0 Å². The van der Waals surface area contributed by atoms with Gasteiger partial charge in [0.25, 0.3) is 0 Å². The molecule has 0 bridgehead atoms. The van der Waals surface area contributed by atoms with E-state index >= 15 is 0 Å². The standard InChI is InChI=1S/C51H31N3O/c1-3-15-34(16-4-1)49-52-50(35-17-5-2-6-18-35)54-51(53-49)47-42-25-12-10-22-39(42)38-21-9-11-24-41(38)45(47)32-27-29-33(30-28-32)46-37-20-8-7-19-36(37)31-43-40-23-13-14-26-44(40)55-48(43)46/h1-31H. The maximum Gasteiger partial charge on any atom is 0.165 e. The van der Waals surface area contributed by atoms with E-state index in [0.717, 1.165) is 82.4 Å². The Balaban J connectivity index is 1.19. The molecule has 0 aliphatic heterocycles. The number of furan rings is 1. The van der Waals surface area contributed by atoms with Gasteiger partial charge in [-0.2, -0.15) is 0 Å². The highest BCUT2D eigenvalue weighted by molar-refractivity contribution is 6.22. The van der Waals surface area contributed by atoms with E-state index in [9.17, 15) is 0 Å². The van der Waals surface area contributed by atoms with Crippen LogP contribution in [0.3, 0.4) is 0 Å². The third-order valence-electron chi connectivity index (χ3n) is 10.7. The molecule has 0 fully saturated rings. The van der Waals surface area contributed by atoms with Crippen LogP contribution in [0, 0.1) is 0 Å². The van der Waals surface area contributed by atoms with E-state index in [1.807, 2.05) is 48.5 Å². The number of para-hydroxylation sites is 1. The molecule has 4 heteroatoms. The van der Waals surface area contributed by atoms with Gasteiger partial charge in [0.15, 0.2) is 17.5 Å². The molecule has 2 aromatic heterocycles. The van der Waals surface area contributed by atoms with Crippen LogP contribution < -0.4 is 0 Å². The molecule has 0 spiro atoms. The normalized spacial score (nSPS) is 11.6. The van der Waals surface area contributed by atoms with E-state index in [-0.39, 0.29) is 0 Å². The largest absolute Gasteiger partial charge is 0.455 e. The van der Waals surface area contributed by atoms with Gasteiger partial charge in [-0.3, -0.25) is 0 Å². The molecule has 2 heterocycles. The number of rotatable bonds is 5. The molecule has 0 N–H and O–H groups in total. The van der Waals surface area contributed by atoms with Gasteiger partial charge in [0, 0.05) is 38.6 Å². The van der Waals surface area contributed by atoms with Crippen LogP contribution in [0.25, 0.3) is 111 Å². The van der Waals surface area contributed by atoms with Crippen LogP contribution in [0.4, 0.5) is 0 Å². The van der Waals surface area contributed by atoms with Gasteiger partial charge in [-0.05, 0) is 55.6 Å². The maximum atomic E-state index is 6.62. The smallest absolute Gasteiger partial charge is 0.165 e. The minimum absolute atomic E-state index is 0.631. The zero-order chi connectivity index (χ0) is 36.3. The Morgan fingerprint density at radius 3 is 1.36 bits per heavy atom. The second kappa shape index (κ2) is 12.6.